The van der Waals surface area contributed by atoms with Gasteiger partial charge in [0.1, 0.15) is 5.00 Å². The van der Waals surface area contributed by atoms with Crippen LogP contribution in [0.3, 0.4) is 0 Å². The van der Waals surface area contributed by atoms with Gasteiger partial charge in [0.15, 0.2) is 0 Å². The molecule has 142 valence electrons. The van der Waals surface area contributed by atoms with Crippen LogP contribution in [0.4, 0.5) is 5.00 Å². The summed E-state index contributed by atoms with van der Waals surface area (Å²) in [6.07, 6.45) is 12.4. The number of carbonyl (C=O) groups is 1. The monoisotopic (exact) mass is 380 g/mol. The summed E-state index contributed by atoms with van der Waals surface area (Å²) in [6, 6.07) is 8.65. The van der Waals surface area contributed by atoms with Crippen LogP contribution in [0, 0.1) is 6.92 Å². The van der Waals surface area contributed by atoms with Crippen molar-refractivity contribution in [1.82, 2.24) is 5.32 Å². The van der Waals surface area contributed by atoms with Crippen LogP contribution in [-0.2, 0) is 12.8 Å². The van der Waals surface area contributed by atoms with E-state index in [1.807, 2.05) is 12.3 Å². The van der Waals surface area contributed by atoms with Crippen LogP contribution in [0.25, 0.3) is 0 Å². The van der Waals surface area contributed by atoms with E-state index in [-0.39, 0.29) is 5.91 Å². The van der Waals surface area contributed by atoms with Gasteiger partial charge in [0.05, 0.1) is 5.56 Å². The van der Waals surface area contributed by atoms with Crippen molar-refractivity contribution in [1.29, 1.82) is 0 Å². The Morgan fingerprint density at radius 3 is 2.78 bits per heavy atom. The number of nitrogens with one attached hydrogen (secondary N) is 1. The highest BCUT2D eigenvalue weighted by Gasteiger charge is 2.27. The number of aliphatic imine (C=N–C) groups is 1. The molecule has 2 aliphatic rings. The molecule has 0 radical (unpaired) electrons. The Kier molecular flexibility index (Phi) is 5.72. The maximum absolute atomic E-state index is 13.2. The van der Waals surface area contributed by atoms with Crippen molar-refractivity contribution in [2.24, 2.45) is 4.99 Å². The van der Waals surface area contributed by atoms with Crippen molar-refractivity contribution >= 4 is 28.5 Å². The number of amides is 1. The molecule has 1 aromatic carbocycles. The van der Waals surface area contributed by atoms with Crippen molar-refractivity contribution in [3.63, 3.8) is 0 Å². The third-order valence-electron chi connectivity index (χ3n) is 5.69. The predicted octanol–water partition coefficient (Wildman–Crippen LogP) is 5.75. The van der Waals surface area contributed by atoms with Crippen molar-refractivity contribution in [2.45, 2.75) is 70.8 Å². The topological polar surface area (TPSA) is 41.5 Å². The Labute approximate surface area is 165 Å². The summed E-state index contributed by atoms with van der Waals surface area (Å²) in [5.41, 5.74) is 4.42. The maximum atomic E-state index is 13.2. The average Bonchev–Trinajstić information content (AvgIpc) is 3.06. The molecule has 1 N–H and O–H groups in total. The SMILES string of the molecule is Cc1cccc(C=Nc2sc3c(c2C(=O)NC2CCCCC2)CCCC3)c1. The summed E-state index contributed by atoms with van der Waals surface area (Å²) >= 11 is 1.72. The highest BCUT2D eigenvalue weighted by molar-refractivity contribution is 7.16. The lowest BCUT2D eigenvalue weighted by Gasteiger charge is -2.23. The van der Waals surface area contributed by atoms with Crippen molar-refractivity contribution in [2.75, 3.05) is 0 Å². The Hall–Kier alpha value is -1.94. The summed E-state index contributed by atoms with van der Waals surface area (Å²) < 4.78 is 0. The van der Waals surface area contributed by atoms with Gasteiger partial charge in [-0.15, -0.1) is 11.3 Å². The summed E-state index contributed by atoms with van der Waals surface area (Å²) in [5.74, 6) is 0.0951. The standard InChI is InChI=1S/C23H28N2OS/c1-16-8-7-9-17(14-16)15-24-23-21(19-12-5-6-13-20(19)27-23)22(26)25-18-10-3-2-4-11-18/h7-9,14-15,18H,2-6,10-13H2,1H3,(H,25,26). The molecule has 1 fully saturated rings. The lowest BCUT2D eigenvalue weighted by molar-refractivity contribution is 0.0927. The maximum Gasteiger partial charge on any atom is 0.254 e. The number of thiophene rings is 1. The van der Waals surface area contributed by atoms with E-state index in [1.54, 1.807) is 11.3 Å². The first kappa shape index (κ1) is 18.4. The molecule has 0 atom stereocenters. The van der Waals surface area contributed by atoms with Gasteiger partial charge >= 0.3 is 0 Å². The van der Waals surface area contributed by atoms with Crippen LogP contribution in [0.15, 0.2) is 29.3 Å². The summed E-state index contributed by atoms with van der Waals surface area (Å²) in [5, 5.41) is 4.20. The molecular formula is C23H28N2OS. The van der Waals surface area contributed by atoms with Gasteiger partial charge in [-0.25, -0.2) is 4.99 Å². The van der Waals surface area contributed by atoms with Crippen LogP contribution < -0.4 is 5.32 Å². The fourth-order valence-electron chi connectivity index (χ4n) is 4.26. The number of hydrogen-bond donors (Lipinski definition) is 1. The molecule has 4 heteroatoms. The van der Waals surface area contributed by atoms with Crippen LogP contribution >= 0.6 is 11.3 Å². The van der Waals surface area contributed by atoms with Crippen molar-refractivity contribution in [3.05, 3.63) is 51.4 Å². The minimum Gasteiger partial charge on any atom is -0.349 e. The molecule has 0 aliphatic heterocycles. The molecule has 3 nitrogen and oxygen atoms in total. The molecule has 27 heavy (non-hydrogen) atoms. The Balaban J connectivity index is 1.62. The first-order valence-corrected chi connectivity index (χ1v) is 11.1. The van der Waals surface area contributed by atoms with E-state index >= 15 is 0 Å². The fraction of sp³-hybridized carbons (Fsp3) is 0.478. The summed E-state index contributed by atoms with van der Waals surface area (Å²) in [6.45, 7) is 2.09. The average molecular weight is 381 g/mol. The lowest BCUT2D eigenvalue weighted by Crippen LogP contribution is -2.36. The molecule has 1 heterocycles. The second-order valence-corrected chi connectivity index (χ2v) is 8.96. The number of fused-ring (bicyclic) bond motifs is 1. The van der Waals surface area contributed by atoms with E-state index in [2.05, 4.69) is 30.4 Å². The molecule has 2 aliphatic carbocycles. The molecular weight excluding hydrogens is 352 g/mol. The molecule has 1 amide bonds. The molecule has 0 bridgehead atoms. The lowest BCUT2D eigenvalue weighted by atomic mass is 9.93. The van der Waals surface area contributed by atoms with Crippen LogP contribution in [0.1, 0.15) is 76.9 Å². The summed E-state index contributed by atoms with van der Waals surface area (Å²) in [4.78, 5) is 19.3. The van der Waals surface area contributed by atoms with E-state index in [0.717, 1.165) is 41.8 Å². The van der Waals surface area contributed by atoms with E-state index in [0.29, 0.717) is 6.04 Å². The number of rotatable bonds is 4. The van der Waals surface area contributed by atoms with Gasteiger partial charge in [-0.05, 0) is 56.6 Å². The number of carbonyl (C=O) groups excluding carboxylic acids is 1. The van der Waals surface area contributed by atoms with E-state index in [4.69, 9.17) is 4.99 Å². The van der Waals surface area contributed by atoms with Crippen molar-refractivity contribution < 1.29 is 4.79 Å². The zero-order valence-corrected chi connectivity index (χ0v) is 16.9. The zero-order chi connectivity index (χ0) is 18.6. The number of hydrogen-bond acceptors (Lipinski definition) is 3. The minimum atomic E-state index is 0.0951. The van der Waals surface area contributed by atoms with E-state index < -0.39 is 0 Å². The highest BCUT2D eigenvalue weighted by atomic mass is 32.1. The fourth-order valence-corrected chi connectivity index (χ4v) is 5.50. The zero-order valence-electron chi connectivity index (χ0n) is 16.1. The molecule has 1 saturated carbocycles. The van der Waals surface area contributed by atoms with Gasteiger partial charge in [-0.3, -0.25) is 4.79 Å². The van der Waals surface area contributed by atoms with Crippen molar-refractivity contribution in [3.8, 4) is 0 Å². The predicted molar refractivity (Wildman–Crippen MR) is 114 cm³/mol. The normalized spacial score (nSPS) is 17.8. The van der Waals surface area contributed by atoms with Gasteiger partial charge in [-0.1, -0.05) is 49.1 Å². The Morgan fingerprint density at radius 2 is 1.96 bits per heavy atom. The quantitative estimate of drug-likeness (QED) is 0.674. The highest BCUT2D eigenvalue weighted by Crippen LogP contribution is 2.40. The molecule has 1 aromatic heterocycles. The molecule has 0 spiro atoms. The Morgan fingerprint density at radius 1 is 1.15 bits per heavy atom. The third-order valence-corrected chi connectivity index (χ3v) is 6.89. The van der Waals surface area contributed by atoms with Gasteiger partial charge in [0.2, 0.25) is 0 Å². The minimum absolute atomic E-state index is 0.0951. The van der Waals surface area contributed by atoms with E-state index in [1.165, 1.54) is 48.1 Å². The van der Waals surface area contributed by atoms with Crippen LogP contribution in [-0.4, -0.2) is 18.2 Å². The summed E-state index contributed by atoms with van der Waals surface area (Å²) in [7, 11) is 0. The van der Waals surface area contributed by atoms with Crippen LogP contribution in [0.5, 0.6) is 0 Å². The van der Waals surface area contributed by atoms with E-state index in [9.17, 15) is 4.79 Å². The largest absolute Gasteiger partial charge is 0.349 e. The smallest absolute Gasteiger partial charge is 0.254 e. The van der Waals surface area contributed by atoms with Gasteiger partial charge in [-0.2, -0.15) is 0 Å². The third kappa shape index (κ3) is 4.32. The number of nitrogens with zero attached hydrogens (tertiary/aromatic N) is 1. The molecule has 0 saturated heterocycles. The van der Waals surface area contributed by atoms with Gasteiger partial charge < -0.3 is 5.32 Å². The molecule has 4 rings (SSSR count). The Bertz CT molecular complexity index is 846. The second kappa shape index (κ2) is 8.39. The van der Waals surface area contributed by atoms with Gasteiger partial charge in [0.25, 0.3) is 5.91 Å². The molecule has 2 aromatic rings. The van der Waals surface area contributed by atoms with Crippen LogP contribution in [0.2, 0.25) is 0 Å². The number of benzene rings is 1. The first-order valence-electron chi connectivity index (χ1n) is 10.3. The number of aryl methyl sites for hydroxylation is 2. The molecule has 0 unspecified atom stereocenters. The van der Waals surface area contributed by atoms with Gasteiger partial charge in [0, 0.05) is 17.1 Å². The second-order valence-electron chi connectivity index (χ2n) is 7.87. The first-order chi connectivity index (χ1) is 13.2.